The molecule has 1 aliphatic heterocycles. The fraction of sp³-hybridized carbons (Fsp3) is 0.625. The van der Waals surface area contributed by atoms with Gasteiger partial charge in [-0.2, -0.15) is 4.98 Å². The van der Waals surface area contributed by atoms with Crippen molar-refractivity contribution >= 4 is 5.82 Å². The van der Waals surface area contributed by atoms with Gasteiger partial charge in [0.1, 0.15) is 12.1 Å². The predicted molar refractivity (Wildman–Crippen MR) is 85.3 cm³/mol. The Morgan fingerprint density at radius 2 is 1.96 bits per heavy atom. The van der Waals surface area contributed by atoms with Crippen LogP contribution in [0, 0.1) is 6.92 Å². The Balaban J connectivity index is 1.44. The second kappa shape index (κ2) is 5.88. The van der Waals surface area contributed by atoms with Crippen molar-refractivity contribution in [2.75, 3.05) is 31.1 Å². The summed E-state index contributed by atoms with van der Waals surface area (Å²) in [7, 11) is 0. The van der Waals surface area contributed by atoms with Crippen molar-refractivity contribution in [2.45, 2.75) is 39.2 Å². The summed E-state index contributed by atoms with van der Waals surface area (Å²) in [5.41, 5.74) is 2.61. The number of hydrogen-bond acceptors (Lipinski definition) is 7. The zero-order valence-corrected chi connectivity index (χ0v) is 13.7. The average molecular weight is 314 g/mol. The van der Waals surface area contributed by atoms with Crippen LogP contribution in [0.4, 0.5) is 5.82 Å². The van der Waals surface area contributed by atoms with Gasteiger partial charge < -0.3 is 9.42 Å². The molecule has 0 aromatic carbocycles. The normalized spacial score (nSPS) is 19.8. The molecule has 3 heterocycles. The molecule has 0 amide bonds. The van der Waals surface area contributed by atoms with Gasteiger partial charge in [-0.1, -0.05) is 5.16 Å². The van der Waals surface area contributed by atoms with Crippen molar-refractivity contribution < 1.29 is 4.52 Å². The Morgan fingerprint density at radius 1 is 1.13 bits per heavy atom. The molecule has 7 heteroatoms. The first-order valence-corrected chi connectivity index (χ1v) is 8.34. The SMILES string of the molecule is Cc1noc(C(C)N2CCN(c3ncnc4c3CCC4)CC2)n1. The monoisotopic (exact) mass is 314 g/mol. The van der Waals surface area contributed by atoms with E-state index in [1.807, 2.05) is 6.92 Å². The molecule has 4 rings (SSSR count). The predicted octanol–water partition coefficient (Wildman–Crippen LogP) is 1.54. The highest BCUT2D eigenvalue weighted by Crippen LogP contribution is 2.29. The largest absolute Gasteiger partial charge is 0.354 e. The highest BCUT2D eigenvalue weighted by molar-refractivity contribution is 5.50. The molecule has 1 fully saturated rings. The topological polar surface area (TPSA) is 71.2 Å². The van der Waals surface area contributed by atoms with Crippen LogP contribution in [0.2, 0.25) is 0 Å². The van der Waals surface area contributed by atoms with E-state index in [9.17, 15) is 0 Å². The van der Waals surface area contributed by atoms with Gasteiger partial charge in [0.25, 0.3) is 0 Å². The molecular formula is C16H22N6O. The van der Waals surface area contributed by atoms with Crippen molar-refractivity contribution in [1.82, 2.24) is 25.0 Å². The third kappa shape index (κ3) is 2.69. The van der Waals surface area contributed by atoms with Crippen LogP contribution in [0.25, 0.3) is 0 Å². The van der Waals surface area contributed by atoms with Crippen LogP contribution in [0.3, 0.4) is 0 Å². The smallest absolute Gasteiger partial charge is 0.243 e. The lowest BCUT2D eigenvalue weighted by molar-refractivity contribution is 0.164. The van der Waals surface area contributed by atoms with Crippen LogP contribution in [-0.2, 0) is 12.8 Å². The Labute approximate surface area is 135 Å². The summed E-state index contributed by atoms with van der Waals surface area (Å²) < 4.78 is 5.31. The fourth-order valence-corrected chi connectivity index (χ4v) is 3.57. The maximum Gasteiger partial charge on any atom is 0.243 e. The van der Waals surface area contributed by atoms with E-state index in [0.29, 0.717) is 11.7 Å². The third-order valence-electron chi connectivity index (χ3n) is 4.91. The van der Waals surface area contributed by atoms with Crippen LogP contribution in [0.1, 0.15) is 42.4 Å². The summed E-state index contributed by atoms with van der Waals surface area (Å²) >= 11 is 0. The molecule has 0 saturated carbocycles. The standard InChI is InChI=1S/C16H22N6O/c1-11(16-19-12(2)20-23-16)21-6-8-22(9-7-21)15-13-4-3-5-14(13)17-10-18-15/h10-11H,3-9H2,1-2H3. The Bertz CT molecular complexity index is 692. The van der Waals surface area contributed by atoms with Gasteiger partial charge in [-0.3, -0.25) is 4.90 Å². The van der Waals surface area contributed by atoms with Crippen LogP contribution in [0.15, 0.2) is 10.9 Å². The van der Waals surface area contributed by atoms with E-state index in [4.69, 9.17) is 4.52 Å². The van der Waals surface area contributed by atoms with Crippen LogP contribution in [0.5, 0.6) is 0 Å². The summed E-state index contributed by atoms with van der Waals surface area (Å²) in [6, 6.07) is 0.162. The Kier molecular flexibility index (Phi) is 3.72. The molecule has 0 N–H and O–H groups in total. The van der Waals surface area contributed by atoms with Crippen molar-refractivity contribution in [2.24, 2.45) is 0 Å². The van der Waals surface area contributed by atoms with Crippen molar-refractivity contribution in [1.29, 1.82) is 0 Å². The molecule has 23 heavy (non-hydrogen) atoms. The number of aromatic nitrogens is 4. The molecule has 2 aromatic heterocycles. The molecule has 1 aliphatic carbocycles. The molecule has 1 saturated heterocycles. The minimum Gasteiger partial charge on any atom is -0.354 e. The van der Waals surface area contributed by atoms with Crippen molar-refractivity contribution in [3.05, 3.63) is 29.3 Å². The van der Waals surface area contributed by atoms with Crippen LogP contribution in [-0.4, -0.2) is 51.2 Å². The summed E-state index contributed by atoms with van der Waals surface area (Å²) in [5.74, 6) is 2.55. The number of aryl methyl sites for hydroxylation is 2. The second-order valence-electron chi connectivity index (χ2n) is 6.35. The maximum atomic E-state index is 5.31. The van der Waals surface area contributed by atoms with Gasteiger partial charge in [0.15, 0.2) is 5.82 Å². The van der Waals surface area contributed by atoms with E-state index in [-0.39, 0.29) is 6.04 Å². The first-order chi connectivity index (χ1) is 11.2. The number of piperazine rings is 1. The lowest BCUT2D eigenvalue weighted by atomic mass is 10.2. The maximum absolute atomic E-state index is 5.31. The number of anilines is 1. The lowest BCUT2D eigenvalue weighted by Gasteiger charge is -2.37. The molecule has 0 bridgehead atoms. The van der Waals surface area contributed by atoms with E-state index >= 15 is 0 Å². The highest BCUT2D eigenvalue weighted by atomic mass is 16.5. The van der Waals surface area contributed by atoms with Gasteiger partial charge in [0.2, 0.25) is 5.89 Å². The molecule has 2 aliphatic rings. The number of hydrogen-bond donors (Lipinski definition) is 0. The van der Waals surface area contributed by atoms with Crippen LogP contribution < -0.4 is 4.90 Å². The molecule has 2 aromatic rings. The van der Waals surface area contributed by atoms with E-state index in [1.54, 1.807) is 6.33 Å². The number of rotatable bonds is 3. The molecule has 122 valence electrons. The lowest BCUT2D eigenvalue weighted by Crippen LogP contribution is -2.47. The molecular weight excluding hydrogens is 292 g/mol. The Morgan fingerprint density at radius 3 is 2.70 bits per heavy atom. The fourth-order valence-electron chi connectivity index (χ4n) is 3.57. The minimum atomic E-state index is 0.162. The minimum absolute atomic E-state index is 0.162. The first kappa shape index (κ1) is 14.6. The number of fused-ring (bicyclic) bond motifs is 1. The first-order valence-electron chi connectivity index (χ1n) is 8.34. The van der Waals surface area contributed by atoms with Gasteiger partial charge >= 0.3 is 0 Å². The average Bonchev–Trinajstić information content (AvgIpc) is 3.22. The summed E-state index contributed by atoms with van der Waals surface area (Å²) in [4.78, 5) is 18.1. The summed E-state index contributed by atoms with van der Waals surface area (Å²) in [5, 5.41) is 3.89. The van der Waals surface area contributed by atoms with E-state index in [2.05, 4.69) is 36.8 Å². The molecule has 1 atom stereocenters. The van der Waals surface area contributed by atoms with Gasteiger partial charge in [-0.15, -0.1) is 0 Å². The quantitative estimate of drug-likeness (QED) is 0.851. The van der Waals surface area contributed by atoms with E-state index < -0.39 is 0 Å². The zero-order valence-electron chi connectivity index (χ0n) is 13.7. The van der Waals surface area contributed by atoms with Crippen molar-refractivity contribution in [3.8, 4) is 0 Å². The van der Waals surface area contributed by atoms with Gasteiger partial charge in [0, 0.05) is 37.4 Å². The Hall–Kier alpha value is -2.02. The second-order valence-corrected chi connectivity index (χ2v) is 6.35. The molecule has 7 nitrogen and oxygen atoms in total. The van der Waals surface area contributed by atoms with Gasteiger partial charge in [-0.25, -0.2) is 9.97 Å². The van der Waals surface area contributed by atoms with E-state index in [0.717, 1.165) is 44.8 Å². The van der Waals surface area contributed by atoms with Crippen molar-refractivity contribution in [3.63, 3.8) is 0 Å². The highest BCUT2D eigenvalue weighted by Gasteiger charge is 2.28. The zero-order chi connectivity index (χ0) is 15.8. The van der Waals surface area contributed by atoms with Gasteiger partial charge in [-0.05, 0) is 33.1 Å². The van der Waals surface area contributed by atoms with Gasteiger partial charge in [0.05, 0.1) is 6.04 Å². The summed E-state index contributed by atoms with van der Waals surface area (Å²) in [6.07, 6.45) is 5.13. The third-order valence-corrected chi connectivity index (χ3v) is 4.91. The van der Waals surface area contributed by atoms with E-state index in [1.165, 1.54) is 17.7 Å². The molecule has 1 unspecified atom stereocenters. The number of nitrogens with zero attached hydrogens (tertiary/aromatic N) is 6. The molecule has 0 spiro atoms. The van der Waals surface area contributed by atoms with Crippen LogP contribution >= 0.6 is 0 Å². The summed E-state index contributed by atoms with van der Waals surface area (Å²) in [6.45, 7) is 7.88. The molecule has 0 radical (unpaired) electrons.